The van der Waals surface area contributed by atoms with Gasteiger partial charge in [-0.15, -0.1) is 0 Å². The van der Waals surface area contributed by atoms with Gasteiger partial charge in [-0.2, -0.15) is 0 Å². The summed E-state index contributed by atoms with van der Waals surface area (Å²) in [4.78, 5) is 27.4. The van der Waals surface area contributed by atoms with E-state index in [2.05, 4.69) is 0 Å². The van der Waals surface area contributed by atoms with Gasteiger partial charge in [-0.25, -0.2) is 0 Å². The molecule has 5 nitrogen and oxygen atoms in total. The second-order valence-electron chi connectivity index (χ2n) is 7.18. The number of ether oxygens (including phenoxy) is 2. The number of hydrogen-bond acceptors (Lipinski definition) is 4. The molecule has 0 radical (unpaired) electrons. The zero-order valence-corrected chi connectivity index (χ0v) is 14.6. The Labute approximate surface area is 147 Å². The molecular weight excluding hydrogens is 318 g/mol. The van der Waals surface area contributed by atoms with E-state index in [4.69, 9.17) is 9.47 Å². The van der Waals surface area contributed by atoms with Gasteiger partial charge in [0.15, 0.2) is 0 Å². The fraction of sp³-hybridized carbons (Fsp3) is 0.500. The van der Waals surface area contributed by atoms with Gasteiger partial charge in [0.2, 0.25) is 5.91 Å². The maximum absolute atomic E-state index is 13.1. The summed E-state index contributed by atoms with van der Waals surface area (Å²) in [5.74, 6) is -1.38. The summed E-state index contributed by atoms with van der Waals surface area (Å²) in [6.45, 7) is 4.91. The van der Waals surface area contributed by atoms with Crippen LogP contribution in [0.5, 0.6) is 0 Å². The van der Waals surface area contributed by atoms with Crippen LogP contribution >= 0.6 is 0 Å². The summed E-state index contributed by atoms with van der Waals surface area (Å²) in [5, 5.41) is 0. The van der Waals surface area contributed by atoms with Crippen LogP contribution in [0.25, 0.3) is 0 Å². The second kappa shape index (κ2) is 5.99. The number of hydrogen-bond donors (Lipinski definition) is 0. The zero-order chi connectivity index (χ0) is 17.6. The van der Waals surface area contributed by atoms with Gasteiger partial charge >= 0.3 is 5.97 Å². The molecule has 1 aromatic carbocycles. The van der Waals surface area contributed by atoms with Gasteiger partial charge in [0, 0.05) is 5.69 Å². The Hall–Kier alpha value is -2.14. The molecule has 2 saturated heterocycles. The van der Waals surface area contributed by atoms with E-state index in [1.54, 1.807) is 4.90 Å². The standard InChI is InChI=1S/C20H23NO4/c1-3-4-11-24-19(23)16-15-9-10-20(25-15)12-21(18(22)17(16)20)14-7-5-13(2)6-8-14/h5-10,15-17H,3-4,11-12H2,1-2H3/t15-,16?,17?,20+/m0/s1. The minimum absolute atomic E-state index is 0.0480. The third-order valence-corrected chi connectivity index (χ3v) is 5.46. The van der Waals surface area contributed by atoms with Crippen molar-refractivity contribution in [2.75, 3.05) is 18.1 Å². The Kier molecular flexibility index (Phi) is 3.91. The molecule has 1 spiro atoms. The number of amides is 1. The summed E-state index contributed by atoms with van der Waals surface area (Å²) < 4.78 is 11.5. The van der Waals surface area contributed by atoms with Gasteiger partial charge in [0.25, 0.3) is 0 Å². The van der Waals surface area contributed by atoms with E-state index in [0.29, 0.717) is 13.2 Å². The number of carbonyl (C=O) groups excluding carboxylic acids is 2. The van der Waals surface area contributed by atoms with Crippen LogP contribution < -0.4 is 4.90 Å². The Morgan fingerprint density at radius 1 is 1.36 bits per heavy atom. The first-order valence-electron chi connectivity index (χ1n) is 8.97. The van der Waals surface area contributed by atoms with Crippen molar-refractivity contribution in [3.8, 4) is 0 Å². The van der Waals surface area contributed by atoms with Gasteiger partial charge in [0.05, 0.1) is 25.2 Å². The third-order valence-electron chi connectivity index (χ3n) is 5.46. The smallest absolute Gasteiger partial charge is 0.312 e. The molecule has 3 aliphatic rings. The first kappa shape index (κ1) is 16.3. The molecule has 25 heavy (non-hydrogen) atoms. The second-order valence-corrected chi connectivity index (χ2v) is 7.18. The molecule has 5 heteroatoms. The topological polar surface area (TPSA) is 55.8 Å². The normalized spacial score (nSPS) is 32.3. The van der Waals surface area contributed by atoms with E-state index in [0.717, 1.165) is 24.1 Å². The lowest BCUT2D eigenvalue weighted by Gasteiger charge is -2.22. The number of fused-ring (bicyclic) bond motifs is 1. The quantitative estimate of drug-likeness (QED) is 0.469. The number of benzene rings is 1. The van der Waals surface area contributed by atoms with Crippen molar-refractivity contribution in [1.82, 2.24) is 0 Å². The molecule has 0 saturated carbocycles. The molecule has 3 heterocycles. The maximum Gasteiger partial charge on any atom is 0.312 e. The Morgan fingerprint density at radius 3 is 2.84 bits per heavy atom. The molecule has 4 atom stereocenters. The third kappa shape index (κ3) is 2.49. The molecule has 132 valence electrons. The first-order chi connectivity index (χ1) is 12.1. The van der Waals surface area contributed by atoms with Crippen LogP contribution in [0.4, 0.5) is 5.69 Å². The van der Waals surface area contributed by atoms with Crippen LogP contribution in [0.15, 0.2) is 36.4 Å². The molecule has 2 bridgehead atoms. The number of anilines is 1. The number of nitrogens with zero attached hydrogens (tertiary/aromatic N) is 1. The van der Waals surface area contributed by atoms with Crippen LogP contribution in [-0.2, 0) is 19.1 Å². The highest BCUT2D eigenvalue weighted by Gasteiger charge is 2.67. The minimum atomic E-state index is -0.693. The monoisotopic (exact) mass is 341 g/mol. The maximum atomic E-state index is 13.1. The van der Waals surface area contributed by atoms with Crippen LogP contribution in [-0.4, -0.2) is 36.7 Å². The number of aryl methyl sites for hydroxylation is 1. The van der Waals surface area contributed by atoms with E-state index in [-0.39, 0.29) is 18.0 Å². The van der Waals surface area contributed by atoms with Crippen molar-refractivity contribution in [2.45, 2.75) is 38.4 Å². The number of unbranched alkanes of at least 4 members (excludes halogenated alkanes) is 1. The lowest BCUT2D eigenvalue weighted by atomic mass is 9.77. The summed E-state index contributed by atoms with van der Waals surface area (Å²) in [6, 6.07) is 7.85. The van der Waals surface area contributed by atoms with Crippen molar-refractivity contribution in [1.29, 1.82) is 0 Å². The number of esters is 1. The molecule has 1 aromatic rings. The van der Waals surface area contributed by atoms with Gasteiger partial charge < -0.3 is 14.4 Å². The Bertz CT molecular complexity index is 726. The summed E-state index contributed by atoms with van der Waals surface area (Å²) in [7, 11) is 0. The van der Waals surface area contributed by atoms with E-state index >= 15 is 0 Å². The molecular formula is C20H23NO4. The molecule has 0 aromatic heterocycles. The van der Waals surface area contributed by atoms with Crippen molar-refractivity contribution in [2.24, 2.45) is 11.8 Å². The van der Waals surface area contributed by atoms with Crippen molar-refractivity contribution in [3.63, 3.8) is 0 Å². The van der Waals surface area contributed by atoms with Crippen molar-refractivity contribution < 1.29 is 19.1 Å². The minimum Gasteiger partial charge on any atom is -0.465 e. The predicted molar refractivity (Wildman–Crippen MR) is 93.1 cm³/mol. The van der Waals surface area contributed by atoms with E-state index in [1.165, 1.54) is 0 Å². The van der Waals surface area contributed by atoms with E-state index in [1.807, 2.05) is 50.3 Å². The largest absolute Gasteiger partial charge is 0.465 e. The molecule has 0 aliphatic carbocycles. The van der Waals surface area contributed by atoms with Crippen LogP contribution in [0.2, 0.25) is 0 Å². The zero-order valence-electron chi connectivity index (χ0n) is 14.6. The Balaban J connectivity index is 1.59. The highest BCUT2D eigenvalue weighted by molar-refractivity contribution is 6.02. The molecule has 1 amide bonds. The highest BCUT2D eigenvalue weighted by Crippen LogP contribution is 2.52. The predicted octanol–water partition coefficient (Wildman–Crippen LogP) is 2.62. The summed E-state index contributed by atoms with van der Waals surface area (Å²) in [6.07, 6.45) is 5.33. The van der Waals surface area contributed by atoms with Crippen LogP contribution in [0.1, 0.15) is 25.3 Å². The van der Waals surface area contributed by atoms with Crippen LogP contribution in [0.3, 0.4) is 0 Å². The van der Waals surface area contributed by atoms with E-state index in [9.17, 15) is 9.59 Å². The van der Waals surface area contributed by atoms with Gasteiger partial charge in [0.1, 0.15) is 11.5 Å². The van der Waals surface area contributed by atoms with Gasteiger partial charge in [-0.05, 0) is 25.5 Å². The molecule has 0 N–H and O–H groups in total. The fourth-order valence-corrected chi connectivity index (χ4v) is 4.12. The average Bonchev–Trinajstić information content (AvgIpc) is 3.24. The first-order valence-corrected chi connectivity index (χ1v) is 8.97. The molecule has 4 rings (SSSR count). The SMILES string of the molecule is CCCCOC(=O)C1C2C(=O)N(c3ccc(C)cc3)C[C@]23C=C[C@@H]1O3. The van der Waals surface area contributed by atoms with Gasteiger partial charge in [-0.3, -0.25) is 9.59 Å². The lowest BCUT2D eigenvalue weighted by molar-refractivity contribution is -0.152. The number of carbonyl (C=O) groups is 2. The van der Waals surface area contributed by atoms with Crippen molar-refractivity contribution >= 4 is 17.6 Å². The molecule has 2 fully saturated rings. The highest BCUT2D eigenvalue weighted by atomic mass is 16.6. The summed E-state index contributed by atoms with van der Waals surface area (Å²) >= 11 is 0. The van der Waals surface area contributed by atoms with Gasteiger partial charge in [-0.1, -0.05) is 43.2 Å². The average molecular weight is 341 g/mol. The molecule has 2 unspecified atom stereocenters. The Morgan fingerprint density at radius 2 is 2.12 bits per heavy atom. The number of rotatable bonds is 5. The van der Waals surface area contributed by atoms with Crippen molar-refractivity contribution in [3.05, 3.63) is 42.0 Å². The van der Waals surface area contributed by atoms with Crippen LogP contribution in [0, 0.1) is 18.8 Å². The lowest BCUT2D eigenvalue weighted by Crippen LogP contribution is -2.40. The fourth-order valence-electron chi connectivity index (χ4n) is 4.12. The molecule has 3 aliphatic heterocycles. The summed E-state index contributed by atoms with van der Waals surface area (Å²) in [5.41, 5.74) is 1.29. The van der Waals surface area contributed by atoms with E-state index < -0.39 is 17.4 Å².